The summed E-state index contributed by atoms with van der Waals surface area (Å²) in [6.07, 6.45) is 2.76. The lowest BCUT2D eigenvalue weighted by molar-refractivity contribution is 0.101. The van der Waals surface area contributed by atoms with Crippen LogP contribution in [-0.4, -0.2) is 5.78 Å². The minimum absolute atomic E-state index is 0.111. The number of halogens is 1. The molecule has 29 heavy (non-hydrogen) atoms. The highest BCUT2D eigenvalue weighted by Gasteiger charge is 2.30. The third-order valence-electron chi connectivity index (χ3n) is 5.06. The van der Waals surface area contributed by atoms with E-state index in [4.69, 9.17) is 21.1 Å². The van der Waals surface area contributed by atoms with E-state index in [-0.39, 0.29) is 5.78 Å². The minimum atomic E-state index is -0.111. The van der Waals surface area contributed by atoms with E-state index >= 15 is 0 Å². The number of benzene rings is 3. The van der Waals surface area contributed by atoms with E-state index in [2.05, 4.69) is 19.1 Å². The summed E-state index contributed by atoms with van der Waals surface area (Å²) in [6, 6.07) is 19.3. The van der Waals surface area contributed by atoms with Crippen LogP contribution < -0.4 is 9.47 Å². The first-order chi connectivity index (χ1) is 14.1. The fraction of sp³-hybridized carbons (Fsp3) is 0.160. The van der Waals surface area contributed by atoms with Gasteiger partial charge in [0.05, 0.1) is 5.56 Å². The van der Waals surface area contributed by atoms with Crippen molar-refractivity contribution in [1.29, 1.82) is 0 Å². The van der Waals surface area contributed by atoms with Crippen molar-refractivity contribution in [2.45, 2.75) is 26.9 Å². The van der Waals surface area contributed by atoms with Crippen LogP contribution in [0, 0.1) is 6.92 Å². The highest BCUT2D eigenvalue weighted by atomic mass is 35.5. The van der Waals surface area contributed by atoms with Gasteiger partial charge in [0.25, 0.3) is 0 Å². The average molecular weight is 405 g/mol. The van der Waals surface area contributed by atoms with Gasteiger partial charge in [0.2, 0.25) is 5.78 Å². The molecular weight excluding hydrogens is 384 g/mol. The summed E-state index contributed by atoms with van der Waals surface area (Å²) in [5.74, 6) is 1.45. The van der Waals surface area contributed by atoms with Crippen molar-refractivity contribution in [2.24, 2.45) is 0 Å². The highest BCUT2D eigenvalue weighted by molar-refractivity contribution is 6.31. The van der Waals surface area contributed by atoms with Crippen molar-refractivity contribution >= 4 is 23.5 Å². The summed E-state index contributed by atoms with van der Waals surface area (Å²) >= 11 is 6.20. The van der Waals surface area contributed by atoms with Gasteiger partial charge in [0, 0.05) is 16.1 Å². The first-order valence-electron chi connectivity index (χ1n) is 9.60. The molecular formula is C25H21ClO3. The molecule has 1 aliphatic rings. The normalized spacial score (nSPS) is 14.0. The molecule has 0 spiro atoms. The molecule has 0 N–H and O–H groups in total. The number of Topliss-reactive ketones (excluding diaryl/α,β-unsaturated/α-hetero) is 1. The van der Waals surface area contributed by atoms with Gasteiger partial charge in [0.15, 0.2) is 5.76 Å². The Morgan fingerprint density at radius 3 is 2.52 bits per heavy atom. The first-order valence-corrected chi connectivity index (χ1v) is 9.97. The number of rotatable bonds is 5. The fourth-order valence-electron chi connectivity index (χ4n) is 3.30. The zero-order valence-corrected chi connectivity index (χ0v) is 17.1. The summed E-state index contributed by atoms with van der Waals surface area (Å²) in [6.45, 7) is 4.36. The molecule has 0 amide bonds. The predicted octanol–water partition coefficient (Wildman–Crippen LogP) is 6.41. The van der Waals surface area contributed by atoms with Crippen LogP contribution in [0.3, 0.4) is 0 Å². The molecule has 0 aliphatic carbocycles. The largest absolute Gasteiger partial charge is 0.488 e. The summed E-state index contributed by atoms with van der Waals surface area (Å²) in [4.78, 5) is 12.8. The predicted molar refractivity (Wildman–Crippen MR) is 116 cm³/mol. The van der Waals surface area contributed by atoms with E-state index in [0.717, 1.165) is 23.1 Å². The Morgan fingerprint density at radius 2 is 1.79 bits per heavy atom. The third-order valence-corrected chi connectivity index (χ3v) is 5.43. The van der Waals surface area contributed by atoms with Gasteiger partial charge in [-0.1, -0.05) is 61.0 Å². The van der Waals surface area contributed by atoms with E-state index in [1.165, 1.54) is 5.56 Å². The van der Waals surface area contributed by atoms with E-state index in [0.29, 0.717) is 34.5 Å². The van der Waals surface area contributed by atoms with Crippen molar-refractivity contribution in [3.63, 3.8) is 0 Å². The smallest absolute Gasteiger partial charge is 0.231 e. The maximum atomic E-state index is 12.8. The zero-order valence-electron chi connectivity index (χ0n) is 16.4. The second-order valence-electron chi connectivity index (χ2n) is 6.98. The minimum Gasteiger partial charge on any atom is -0.488 e. The Hall–Kier alpha value is -3.04. The number of ether oxygens (including phenoxy) is 2. The maximum Gasteiger partial charge on any atom is 0.231 e. The van der Waals surface area contributed by atoms with Gasteiger partial charge >= 0.3 is 0 Å². The standard InChI is InChI=1S/C25H21ClO3/c1-3-17-8-10-18(11-9-17)14-23-24(27)20-12-13-22(16(2)25(20)29-23)28-15-19-6-4-5-7-21(19)26/h4-14H,3,15H2,1-2H3/b23-14-. The molecule has 146 valence electrons. The quantitative estimate of drug-likeness (QED) is 0.461. The lowest BCUT2D eigenvalue weighted by Gasteiger charge is -2.12. The fourth-order valence-corrected chi connectivity index (χ4v) is 3.49. The van der Waals surface area contributed by atoms with E-state index in [1.54, 1.807) is 12.1 Å². The van der Waals surface area contributed by atoms with Gasteiger partial charge in [-0.3, -0.25) is 4.79 Å². The number of carbonyl (C=O) groups is 1. The van der Waals surface area contributed by atoms with E-state index in [1.807, 2.05) is 49.4 Å². The van der Waals surface area contributed by atoms with E-state index < -0.39 is 0 Å². The molecule has 1 aliphatic heterocycles. The van der Waals surface area contributed by atoms with Crippen LogP contribution in [0.1, 0.15) is 39.5 Å². The van der Waals surface area contributed by atoms with Crippen LogP contribution >= 0.6 is 11.6 Å². The average Bonchev–Trinajstić information content (AvgIpc) is 3.05. The number of aryl methyl sites for hydroxylation is 1. The van der Waals surface area contributed by atoms with Gasteiger partial charge in [-0.05, 0) is 48.7 Å². The third kappa shape index (κ3) is 3.92. The van der Waals surface area contributed by atoms with Gasteiger partial charge in [-0.2, -0.15) is 0 Å². The van der Waals surface area contributed by atoms with Crippen LogP contribution in [-0.2, 0) is 13.0 Å². The molecule has 0 fully saturated rings. The lowest BCUT2D eigenvalue weighted by Crippen LogP contribution is -1.99. The van der Waals surface area contributed by atoms with Crippen molar-refractivity contribution in [2.75, 3.05) is 0 Å². The topological polar surface area (TPSA) is 35.5 Å². The number of hydrogen-bond donors (Lipinski definition) is 0. The van der Waals surface area contributed by atoms with Gasteiger partial charge in [0.1, 0.15) is 18.1 Å². The highest BCUT2D eigenvalue weighted by Crippen LogP contribution is 2.39. The molecule has 4 heteroatoms. The molecule has 0 atom stereocenters. The number of fused-ring (bicyclic) bond motifs is 1. The number of carbonyl (C=O) groups excluding carboxylic acids is 1. The second-order valence-corrected chi connectivity index (χ2v) is 7.39. The first kappa shape index (κ1) is 19.3. The monoisotopic (exact) mass is 404 g/mol. The maximum absolute atomic E-state index is 12.8. The van der Waals surface area contributed by atoms with Crippen molar-refractivity contribution in [3.05, 3.63) is 99.3 Å². The molecule has 0 bridgehead atoms. The molecule has 0 saturated carbocycles. The van der Waals surface area contributed by atoms with Crippen LogP contribution in [0.2, 0.25) is 5.02 Å². The molecule has 3 nitrogen and oxygen atoms in total. The van der Waals surface area contributed by atoms with Crippen molar-refractivity contribution in [3.8, 4) is 11.5 Å². The Balaban J connectivity index is 1.56. The van der Waals surface area contributed by atoms with Crippen LogP contribution in [0.15, 0.2) is 66.4 Å². The molecule has 3 aromatic rings. The van der Waals surface area contributed by atoms with Crippen molar-refractivity contribution < 1.29 is 14.3 Å². The Morgan fingerprint density at radius 1 is 1.03 bits per heavy atom. The number of ketones is 1. The Kier molecular flexibility index (Phi) is 5.41. The zero-order chi connectivity index (χ0) is 20.4. The Labute approximate surface area is 175 Å². The molecule has 4 rings (SSSR count). The summed E-state index contributed by atoms with van der Waals surface area (Å²) in [5, 5.41) is 0.664. The van der Waals surface area contributed by atoms with Crippen LogP contribution in [0.4, 0.5) is 0 Å². The van der Waals surface area contributed by atoms with Crippen LogP contribution in [0.5, 0.6) is 11.5 Å². The SMILES string of the molecule is CCc1ccc(/C=C2\Oc3c(ccc(OCc4ccccc4Cl)c3C)C2=O)cc1. The molecule has 0 radical (unpaired) electrons. The van der Waals surface area contributed by atoms with Gasteiger partial charge in [-0.15, -0.1) is 0 Å². The van der Waals surface area contributed by atoms with Gasteiger partial charge in [-0.25, -0.2) is 0 Å². The lowest BCUT2D eigenvalue weighted by atomic mass is 10.0. The van der Waals surface area contributed by atoms with Crippen molar-refractivity contribution in [1.82, 2.24) is 0 Å². The number of hydrogen-bond acceptors (Lipinski definition) is 3. The summed E-state index contributed by atoms with van der Waals surface area (Å²) in [7, 11) is 0. The molecule has 3 aromatic carbocycles. The second kappa shape index (κ2) is 8.14. The Bertz CT molecular complexity index is 1100. The molecule has 0 aromatic heterocycles. The van der Waals surface area contributed by atoms with Crippen LogP contribution in [0.25, 0.3) is 6.08 Å². The van der Waals surface area contributed by atoms with Gasteiger partial charge < -0.3 is 9.47 Å². The summed E-state index contributed by atoms with van der Waals surface area (Å²) in [5.41, 5.74) is 4.45. The molecule has 0 saturated heterocycles. The van der Waals surface area contributed by atoms with E-state index in [9.17, 15) is 4.79 Å². The molecule has 1 heterocycles. The number of allylic oxidation sites excluding steroid dienone is 1. The molecule has 0 unspecified atom stereocenters. The summed E-state index contributed by atoms with van der Waals surface area (Å²) < 4.78 is 11.9.